The van der Waals surface area contributed by atoms with Crippen LogP contribution in [0.5, 0.6) is 0 Å². The highest BCUT2D eigenvalue weighted by molar-refractivity contribution is 5.79. The molecule has 1 aliphatic heterocycles. The number of fused-ring (bicyclic) bond motifs is 1. The molecule has 0 unspecified atom stereocenters. The zero-order valence-corrected chi connectivity index (χ0v) is 12.9. The molecule has 0 bridgehead atoms. The molecule has 0 spiro atoms. The monoisotopic (exact) mass is 312 g/mol. The molecule has 2 aromatic rings. The molecule has 1 saturated carbocycles. The van der Waals surface area contributed by atoms with E-state index >= 15 is 0 Å². The van der Waals surface area contributed by atoms with E-state index in [-0.39, 0.29) is 11.8 Å². The molecule has 1 atom stereocenters. The van der Waals surface area contributed by atoms with Crippen LogP contribution in [0.3, 0.4) is 0 Å². The molecular formula is C16H20N6O. The Morgan fingerprint density at radius 3 is 2.83 bits per heavy atom. The topological polar surface area (TPSA) is 75.9 Å². The normalized spacial score (nSPS) is 20.7. The van der Waals surface area contributed by atoms with E-state index < -0.39 is 0 Å². The Balaban J connectivity index is 1.55. The molecule has 2 aromatic heterocycles. The molecule has 4 rings (SSSR count). The molecule has 1 aliphatic carbocycles. The van der Waals surface area contributed by atoms with Crippen molar-refractivity contribution in [2.45, 2.75) is 25.9 Å². The summed E-state index contributed by atoms with van der Waals surface area (Å²) >= 11 is 0. The summed E-state index contributed by atoms with van der Waals surface area (Å²) in [7, 11) is 0. The van der Waals surface area contributed by atoms with Gasteiger partial charge in [0.1, 0.15) is 0 Å². The quantitative estimate of drug-likeness (QED) is 0.905. The van der Waals surface area contributed by atoms with Gasteiger partial charge in [-0.15, -0.1) is 0 Å². The van der Waals surface area contributed by atoms with E-state index in [2.05, 4.69) is 25.3 Å². The third-order valence-corrected chi connectivity index (χ3v) is 4.46. The minimum Gasteiger partial charge on any atom is -0.355 e. The number of hydrogen-bond donors (Lipinski definition) is 1. The summed E-state index contributed by atoms with van der Waals surface area (Å²) in [6, 6.07) is 3.78. The van der Waals surface area contributed by atoms with Gasteiger partial charge in [-0.1, -0.05) is 0 Å². The van der Waals surface area contributed by atoms with Gasteiger partial charge in [0.15, 0.2) is 0 Å². The zero-order valence-electron chi connectivity index (χ0n) is 12.9. The number of carbonyl (C=O) groups is 1. The van der Waals surface area contributed by atoms with Gasteiger partial charge < -0.3 is 10.2 Å². The predicted molar refractivity (Wildman–Crippen MR) is 84.5 cm³/mol. The van der Waals surface area contributed by atoms with Crippen molar-refractivity contribution in [3.8, 4) is 0 Å². The lowest BCUT2D eigenvalue weighted by molar-refractivity contribution is -0.125. The smallest absolute Gasteiger partial charge is 0.226 e. The molecule has 7 nitrogen and oxygen atoms in total. The van der Waals surface area contributed by atoms with Crippen LogP contribution in [0.15, 0.2) is 30.7 Å². The van der Waals surface area contributed by atoms with Crippen molar-refractivity contribution in [1.29, 1.82) is 0 Å². The maximum absolute atomic E-state index is 12.6. The van der Waals surface area contributed by atoms with Crippen molar-refractivity contribution in [2.24, 2.45) is 11.8 Å². The van der Waals surface area contributed by atoms with E-state index in [4.69, 9.17) is 0 Å². The van der Waals surface area contributed by atoms with Crippen molar-refractivity contribution >= 4 is 11.9 Å². The molecule has 0 radical (unpaired) electrons. The Hall–Kier alpha value is -2.44. The first-order valence-corrected chi connectivity index (χ1v) is 8.10. The van der Waals surface area contributed by atoms with Crippen molar-refractivity contribution in [3.63, 3.8) is 0 Å². The van der Waals surface area contributed by atoms with Crippen LogP contribution in [0.2, 0.25) is 0 Å². The molecular weight excluding hydrogens is 292 g/mol. The van der Waals surface area contributed by atoms with E-state index in [1.54, 1.807) is 24.7 Å². The van der Waals surface area contributed by atoms with Crippen molar-refractivity contribution in [1.82, 2.24) is 25.1 Å². The average Bonchev–Trinajstić information content (AvgIpc) is 3.35. The molecule has 23 heavy (non-hydrogen) atoms. The highest BCUT2D eigenvalue weighted by atomic mass is 16.1. The Morgan fingerprint density at radius 2 is 2.04 bits per heavy atom. The van der Waals surface area contributed by atoms with Crippen LogP contribution in [-0.2, 0) is 17.9 Å². The van der Waals surface area contributed by atoms with Gasteiger partial charge in [0.05, 0.1) is 24.7 Å². The molecule has 1 fully saturated rings. The lowest BCUT2D eigenvalue weighted by atomic mass is 10.1. The first kappa shape index (κ1) is 14.2. The van der Waals surface area contributed by atoms with Crippen LogP contribution in [0, 0.1) is 11.8 Å². The first-order chi connectivity index (χ1) is 11.3. The molecule has 120 valence electrons. The fraction of sp³-hybridized carbons (Fsp3) is 0.500. The van der Waals surface area contributed by atoms with Gasteiger partial charge in [0, 0.05) is 31.7 Å². The second kappa shape index (κ2) is 5.98. The van der Waals surface area contributed by atoms with Gasteiger partial charge in [-0.3, -0.25) is 9.48 Å². The minimum atomic E-state index is -0.154. The lowest BCUT2D eigenvalue weighted by Gasteiger charge is -2.23. The Kier molecular flexibility index (Phi) is 3.69. The average molecular weight is 312 g/mol. The number of anilines is 1. The number of aromatic nitrogens is 4. The van der Waals surface area contributed by atoms with Gasteiger partial charge in [0.25, 0.3) is 0 Å². The number of amides is 1. The highest BCUT2D eigenvalue weighted by Gasteiger charge is 2.30. The lowest BCUT2D eigenvalue weighted by Crippen LogP contribution is -2.40. The standard InChI is InChI=1S/C16H20N6O/c23-15(19-8-12-2-3-12)13-9-21(16-17-5-1-6-18-16)11-14-4-7-20-22(14)10-13/h1,4-7,12-13H,2-3,8-11H2,(H,19,23)/t13-/m1/s1. The van der Waals surface area contributed by atoms with Gasteiger partial charge in [-0.2, -0.15) is 5.10 Å². The first-order valence-electron chi connectivity index (χ1n) is 8.10. The maximum Gasteiger partial charge on any atom is 0.226 e. The van der Waals surface area contributed by atoms with Gasteiger partial charge in [0.2, 0.25) is 11.9 Å². The molecule has 0 saturated heterocycles. The molecule has 1 amide bonds. The summed E-state index contributed by atoms with van der Waals surface area (Å²) in [5.74, 6) is 1.28. The SMILES string of the molecule is O=C(NCC1CC1)[C@@H]1CN(c2ncccn2)Cc2ccnn2C1. The van der Waals surface area contributed by atoms with Crippen LogP contribution in [0.1, 0.15) is 18.5 Å². The number of nitrogens with one attached hydrogen (secondary N) is 1. The zero-order chi connectivity index (χ0) is 15.6. The van der Waals surface area contributed by atoms with E-state index in [9.17, 15) is 4.79 Å². The fourth-order valence-electron chi connectivity index (χ4n) is 2.94. The summed E-state index contributed by atoms with van der Waals surface area (Å²) in [6.45, 7) is 2.66. The molecule has 2 aliphatic rings. The fourth-order valence-corrected chi connectivity index (χ4v) is 2.94. The number of hydrogen-bond acceptors (Lipinski definition) is 5. The van der Waals surface area contributed by atoms with Gasteiger partial charge in [-0.25, -0.2) is 9.97 Å². The molecule has 3 heterocycles. The van der Waals surface area contributed by atoms with Crippen molar-refractivity contribution in [2.75, 3.05) is 18.0 Å². The second-order valence-corrected chi connectivity index (χ2v) is 6.32. The highest BCUT2D eigenvalue weighted by Crippen LogP contribution is 2.28. The van der Waals surface area contributed by atoms with E-state index in [0.29, 0.717) is 31.5 Å². The largest absolute Gasteiger partial charge is 0.355 e. The summed E-state index contributed by atoms with van der Waals surface area (Å²) in [4.78, 5) is 23.3. The molecule has 1 N–H and O–H groups in total. The third-order valence-electron chi connectivity index (χ3n) is 4.46. The second-order valence-electron chi connectivity index (χ2n) is 6.32. The van der Waals surface area contributed by atoms with E-state index in [1.807, 2.05) is 10.7 Å². The van der Waals surface area contributed by atoms with Crippen molar-refractivity contribution in [3.05, 3.63) is 36.4 Å². The van der Waals surface area contributed by atoms with Gasteiger partial charge in [-0.05, 0) is 30.9 Å². The predicted octanol–water partition coefficient (Wildman–Crippen LogP) is 0.836. The molecule has 0 aromatic carbocycles. The van der Waals surface area contributed by atoms with Crippen LogP contribution >= 0.6 is 0 Å². The summed E-state index contributed by atoms with van der Waals surface area (Å²) < 4.78 is 1.92. The van der Waals surface area contributed by atoms with Gasteiger partial charge >= 0.3 is 0 Å². The number of carbonyl (C=O) groups excluding carboxylic acids is 1. The van der Waals surface area contributed by atoms with E-state index in [0.717, 1.165) is 12.2 Å². The van der Waals surface area contributed by atoms with Crippen LogP contribution in [0.25, 0.3) is 0 Å². The number of rotatable bonds is 4. The minimum absolute atomic E-state index is 0.0983. The van der Waals surface area contributed by atoms with Crippen LogP contribution < -0.4 is 10.2 Å². The van der Waals surface area contributed by atoms with Crippen molar-refractivity contribution < 1.29 is 4.79 Å². The van der Waals surface area contributed by atoms with Crippen LogP contribution in [-0.4, -0.2) is 38.7 Å². The van der Waals surface area contributed by atoms with E-state index in [1.165, 1.54) is 12.8 Å². The van der Waals surface area contributed by atoms with Crippen LogP contribution in [0.4, 0.5) is 5.95 Å². The Morgan fingerprint density at radius 1 is 1.22 bits per heavy atom. The Bertz CT molecular complexity index is 681. The summed E-state index contributed by atoms with van der Waals surface area (Å²) in [6.07, 6.45) is 7.71. The maximum atomic E-state index is 12.6. The third kappa shape index (κ3) is 3.18. The Labute approximate surface area is 134 Å². The summed E-state index contributed by atoms with van der Waals surface area (Å²) in [5.41, 5.74) is 1.08. The molecule has 7 heteroatoms. The number of nitrogens with zero attached hydrogens (tertiary/aromatic N) is 5. The summed E-state index contributed by atoms with van der Waals surface area (Å²) in [5, 5.41) is 7.44.